The number of hydrogen-bond donors (Lipinski definition) is 3. The third-order valence-corrected chi connectivity index (χ3v) is 3.58. The quantitative estimate of drug-likeness (QED) is 0.322. The second-order valence-corrected chi connectivity index (χ2v) is 5.42. The van der Waals surface area contributed by atoms with Crippen LogP contribution in [0.1, 0.15) is 26.3 Å². The third kappa shape index (κ3) is 4.65. The molecule has 2 aromatic carbocycles. The van der Waals surface area contributed by atoms with Gasteiger partial charge < -0.3 is 5.32 Å². The Labute approximate surface area is 143 Å². The number of nitrogens with one attached hydrogen (secondary N) is 2. The first-order valence-corrected chi connectivity index (χ1v) is 7.50. The fourth-order valence-corrected chi connectivity index (χ4v) is 2.15. The Bertz CT molecular complexity index is 742. The average molecular weight is 347 g/mol. The SMILES string of the molecule is O=C(NCCc1ccc(C(=O)NO)cc1)C(=O)c1ccc(Cl)cc1. The van der Waals surface area contributed by atoms with Gasteiger partial charge in [0, 0.05) is 22.7 Å². The Morgan fingerprint density at radius 1 is 0.917 bits per heavy atom. The maximum absolute atomic E-state index is 11.9. The molecule has 0 aromatic heterocycles. The average Bonchev–Trinajstić information content (AvgIpc) is 2.61. The number of rotatable bonds is 6. The standard InChI is InChI=1S/C17H15ClN2O4/c18-14-7-5-12(6-8-14)15(21)17(23)19-10-9-11-1-3-13(4-2-11)16(22)20-24/h1-8,24H,9-10H2,(H,19,23)(H,20,22). The summed E-state index contributed by atoms with van der Waals surface area (Å²) >= 11 is 5.74. The van der Waals surface area contributed by atoms with E-state index in [0.29, 0.717) is 17.0 Å². The van der Waals surface area contributed by atoms with Gasteiger partial charge in [0.05, 0.1) is 0 Å². The molecule has 7 heteroatoms. The molecule has 2 amide bonds. The highest BCUT2D eigenvalue weighted by atomic mass is 35.5. The molecular weight excluding hydrogens is 332 g/mol. The number of carbonyl (C=O) groups excluding carboxylic acids is 3. The maximum atomic E-state index is 11.9. The van der Waals surface area contributed by atoms with Gasteiger partial charge in [-0.25, -0.2) is 5.48 Å². The molecule has 0 radical (unpaired) electrons. The van der Waals surface area contributed by atoms with Gasteiger partial charge in [-0.3, -0.25) is 19.6 Å². The molecule has 0 spiro atoms. The molecule has 3 N–H and O–H groups in total. The predicted octanol–water partition coefficient (Wildman–Crippen LogP) is 2.00. The lowest BCUT2D eigenvalue weighted by atomic mass is 10.1. The van der Waals surface area contributed by atoms with E-state index in [2.05, 4.69) is 5.32 Å². The van der Waals surface area contributed by atoms with Crippen molar-refractivity contribution in [2.75, 3.05) is 6.54 Å². The maximum Gasteiger partial charge on any atom is 0.292 e. The lowest BCUT2D eigenvalue weighted by Gasteiger charge is -2.06. The number of hydrogen-bond acceptors (Lipinski definition) is 4. The topological polar surface area (TPSA) is 95.5 Å². The van der Waals surface area contributed by atoms with Crippen molar-refractivity contribution in [3.63, 3.8) is 0 Å². The Morgan fingerprint density at radius 2 is 1.50 bits per heavy atom. The summed E-state index contributed by atoms with van der Waals surface area (Å²) in [5.74, 6) is -1.90. The van der Waals surface area contributed by atoms with E-state index in [1.165, 1.54) is 12.1 Å². The summed E-state index contributed by atoms with van der Waals surface area (Å²) in [6.07, 6.45) is 0.501. The van der Waals surface area contributed by atoms with Crippen LogP contribution < -0.4 is 10.8 Å². The first-order valence-electron chi connectivity index (χ1n) is 7.12. The lowest BCUT2D eigenvalue weighted by Crippen LogP contribution is -2.32. The number of ketones is 1. The normalized spacial score (nSPS) is 10.1. The highest BCUT2D eigenvalue weighted by molar-refractivity contribution is 6.43. The zero-order valence-corrected chi connectivity index (χ0v) is 13.3. The van der Waals surface area contributed by atoms with Gasteiger partial charge in [0.2, 0.25) is 5.78 Å². The monoisotopic (exact) mass is 346 g/mol. The summed E-state index contributed by atoms with van der Waals surface area (Å²) in [4.78, 5) is 34.9. The molecule has 0 aliphatic rings. The Hall–Kier alpha value is -2.70. The molecule has 2 rings (SSSR count). The number of halogens is 1. The first-order chi connectivity index (χ1) is 11.5. The van der Waals surface area contributed by atoms with Gasteiger partial charge in [0.25, 0.3) is 11.8 Å². The van der Waals surface area contributed by atoms with Crippen molar-refractivity contribution >= 4 is 29.2 Å². The zero-order valence-electron chi connectivity index (χ0n) is 12.6. The molecule has 2 aromatic rings. The van der Waals surface area contributed by atoms with Crippen molar-refractivity contribution < 1.29 is 19.6 Å². The number of hydroxylamine groups is 1. The molecule has 6 nitrogen and oxygen atoms in total. The van der Waals surface area contributed by atoms with E-state index in [9.17, 15) is 14.4 Å². The van der Waals surface area contributed by atoms with Crippen LogP contribution in [0, 0.1) is 0 Å². The van der Waals surface area contributed by atoms with Crippen LogP contribution in [0.4, 0.5) is 0 Å². The molecule has 124 valence electrons. The van der Waals surface area contributed by atoms with Gasteiger partial charge in [-0.15, -0.1) is 0 Å². The minimum absolute atomic E-state index is 0.274. The van der Waals surface area contributed by atoms with Crippen molar-refractivity contribution in [3.05, 3.63) is 70.2 Å². The van der Waals surface area contributed by atoms with E-state index in [1.807, 2.05) is 0 Å². The van der Waals surface area contributed by atoms with Crippen LogP contribution in [0.15, 0.2) is 48.5 Å². The summed E-state index contributed by atoms with van der Waals surface area (Å²) in [7, 11) is 0. The van der Waals surface area contributed by atoms with E-state index in [4.69, 9.17) is 16.8 Å². The summed E-state index contributed by atoms with van der Waals surface area (Å²) in [6.45, 7) is 0.281. The molecule has 0 atom stereocenters. The van der Waals surface area contributed by atoms with E-state index in [1.54, 1.807) is 41.9 Å². The largest absolute Gasteiger partial charge is 0.349 e. The van der Waals surface area contributed by atoms with Crippen LogP contribution >= 0.6 is 11.6 Å². The van der Waals surface area contributed by atoms with E-state index in [0.717, 1.165) is 5.56 Å². The highest BCUT2D eigenvalue weighted by Crippen LogP contribution is 2.10. The molecule has 0 fully saturated rings. The number of Topliss-reactive ketones (excluding diaryl/α,β-unsaturated/α-hetero) is 1. The zero-order chi connectivity index (χ0) is 17.5. The van der Waals surface area contributed by atoms with E-state index < -0.39 is 17.6 Å². The fourth-order valence-electron chi connectivity index (χ4n) is 2.02. The summed E-state index contributed by atoms with van der Waals surface area (Å²) in [5, 5.41) is 11.6. The second-order valence-electron chi connectivity index (χ2n) is 4.98. The minimum atomic E-state index is -0.686. The Balaban J connectivity index is 1.85. The van der Waals surface area contributed by atoms with Crippen LogP contribution in [0.5, 0.6) is 0 Å². The van der Waals surface area contributed by atoms with Crippen LogP contribution in [0.3, 0.4) is 0 Å². The van der Waals surface area contributed by atoms with Gasteiger partial charge in [-0.1, -0.05) is 23.7 Å². The third-order valence-electron chi connectivity index (χ3n) is 3.33. The first kappa shape index (κ1) is 17.7. The smallest absolute Gasteiger partial charge is 0.292 e. The van der Waals surface area contributed by atoms with Crippen LogP contribution in [0.25, 0.3) is 0 Å². The molecular formula is C17H15ClN2O4. The molecule has 0 bridgehead atoms. The van der Waals surface area contributed by atoms with Gasteiger partial charge in [0.15, 0.2) is 0 Å². The Morgan fingerprint density at radius 3 is 2.08 bits per heavy atom. The molecule has 0 unspecified atom stereocenters. The number of benzene rings is 2. The molecule has 0 saturated carbocycles. The van der Waals surface area contributed by atoms with Crippen LogP contribution in [0.2, 0.25) is 5.02 Å². The minimum Gasteiger partial charge on any atom is -0.349 e. The van der Waals surface area contributed by atoms with Gasteiger partial charge in [-0.2, -0.15) is 0 Å². The van der Waals surface area contributed by atoms with Crippen molar-refractivity contribution in [1.82, 2.24) is 10.8 Å². The summed E-state index contributed by atoms with van der Waals surface area (Å²) in [5.41, 5.74) is 3.02. The fraction of sp³-hybridized carbons (Fsp3) is 0.118. The number of amides is 2. The molecule has 0 saturated heterocycles. The number of carbonyl (C=O) groups is 3. The van der Waals surface area contributed by atoms with Gasteiger partial charge in [-0.05, 0) is 48.4 Å². The predicted molar refractivity (Wildman–Crippen MR) is 88.2 cm³/mol. The molecule has 0 aliphatic carbocycles. The van der Waals surface area contributed by atoms with Crippen molar-refractivity contribution in [3.8, 4) is 0 Å². The van der Waals surface area contributed by atoms with Crippen LogP contribution in [-0.2, 0) is 11.2 Å². The van der Waals surface area contributed by atoms with Gasteiger partial charge in [0.1, 0.15) is 0 Å². The van der Waals surface area contributed by atoms with E-state index in [-0.39, 0.29) is 12.1 Å². The Kier molecular flexibility index (Phi) is 6.06. The molecule has 24 heavy (non-hydrogen) atoms. The lowest BCUT2D eigenvalue weighted by molar-refractivity contribution is -0.116. The molecule has 0 heterocycles. The van der Waals surface area contributed by atoms with E-state index >= 15 is 0 Å². The second kappa shape index (κ2) is 8.24. The molecule has 0 aliphatic heterocycles. The summed E-state index contributed by atoms with van der Waals surface area (Å²) in [6, 6.07) is 12.6. The van der Waals surface area contributed by atoms with Crippen LogP contribution in [-0.4, -0.2) is 29.3 Å². The van der Waals surface area contributed by atoms with Gasteiger partial charge >= 0.3 is 0 Å². The van der Waals surface area contributed by atoms with Crippen molar-refractivity contribution in [2.24, 2.45) is 0 Å². The van der Waals surface area contributed by atoms with Crippen molar-refractivity contribution in [2.45, 2.75) is 6.42 Å². The summed E-state index contributed by atoms with van der Waals surface area (Å²) < 4.78 is 0. The van der Waals surface area contributed by atoms with Crippen molar-refractivity contribution in [1.29, 1.82) is 0 Å². The highest BCUT2D eigenvalue weighted by Gasteiger charge is 2.15.